The van der Waals surface area contributed by atoms with Crippen LogP contribution in [0.5, 0.6) is 0 Å². The van der Waals surface area contributed by atoms with Gasteiger partial charge in [0.05, 0.1) is 22.0 Å². The van der Waals surface area contributed by atoms with Crippen molar-refractivity contribution in [1.82, 2.24) is 15.3 Å². The summed E-state index contributed by atoms with van der Waals surface area (Å²) in [6.45, 7) is 3.44. The second-order valence-electron chi connectivity index (χ2n) is 4.94. The van der Waals surface area contributed by atoms with Crippen LogP contribution in [0.25, 0.3) is 11.0 Å². The van der Waals surface area contributed by atoms with E-state index in [1.165, 1.54) is 0 Å². The van der Waals surface area contributed by atoms with Crippen molar-refractivity contribution in [2.75, 3.05) is 18.8 Å². The zero-order chi connectivity index (χ0) is 15.1. The Morgan fingerprint density at radius 1 is 1.41 bits per heavy atom. The summed E-state index contributed by atoms with van der Waals surface area (Å²) in [5.74, 6) is 1.43. The Kier molecular flexibility index (Phi) is 8.30. The maximum Gasteiger partial charge on any atom is 0.230 e. The number of benzene rings is 1. The molecule has 0 fully saturated rings. The van der Waals surface area contributed by atoms with Gasteiger partial charge in [0, 0.05) is 6.54 Å². The summed E-state index contributed by atoms with van der Waals surface area (Å²) in [6.07, 6.45) is 1.88. The lowest BCUT2D eigenvalue weighted by molar-refractivity contribution is -0.118. The number of unbranched alkanes of at least 4 members (excludes halogenated alkanes) is 1. The Morgan fingerprint density at radius 2 is 2.18 bits per heavy atom. The Balaban J connectivity index is 0.00000242. The highest BCUT2D eigenvalue weighted by molar-refractivity contribution is 8.00. The van der Waals surface area contributed by atoms with Gasteiger partial charge in [0.2, 0.25) is 5.91 Å². The number of nitrogens with two attached hydrogens (primary N) is 1. The quantitative estimate of drug-likeness (QED) is 0.644. The summed E-state index contributed by atoms with van der Waals surface area (Å²) in [6, 6.07) is 7.95. The third-order valence-electron chi connectivity index (χ3n) is 3.21. The number of amides is 1. The maximum absolute atomic E-state index is 11.7. The van der Waals surface area contributed by atoms with Gasteiger partial charge in [-0.25, -0.2) is 4.98 Å². The molecule has 1 atom stereocenters. The van der Waals surface area contributed by atoms with Crippen LogP contribution in [0, 0.1) is 0 Å². The fourth-order valence-corrected chi connectivity index (χ4v) is 2.77. The molecular formula is C15H23ClN4OS. The van der Waals surface area contributed by atoms with E-state index in [1.54, 1.807) is 11.8 Å². The minimum atomic E-state index is 0. The topological polar surface area (TPSA) is 83.8 Å². The van der Waals surface area contributed by atoms with Crippen LogP contribution in [-0.2, 0) is 4.79 Å². The van der Waals surface area contributed by atoms with Crippen molar-refractivity contribution in [1.29, 1.82) is 0 Å². The standard InChI is InChI=1S/C15H22N4OS.ClH/c1-11(21-10-14(20)17-9-5-4-8-16)15-18-12-6-2-3-7-13(12)19-15;/h2-3,6-7,11H,4-5,8-10,16H2,1H3,(H,17,20)(H,18,19);1H. The average Bonchev–Trinajstić information content (AvgIpc) is 2.93. The minimum Gasteiger partial charge on any atom is -0.355 e. The molecule has 0 aliphatic heterocycles. The molecule has 2 aromatic rings. The number of aromatic amines is 1. The molecule has 0 spiro atoms. The van der Waals surface area contributed by atoms with Crippen LogP contribution < -0.4 is 11.1 Å². The van der Waals surface area contributed by atoms with Crippen molar-refractivity contribution in [2.24, 2.45) is 5.73 Å². The Bertz CT molecular complexity index is 557. The van der Waals surface area contributed by atoms with Gasteiger partial charge >= 0.3 is 0 Å². The van der Waals surface area contributed by atoms with Gasteiger partial charge in [-0.3, -0.25) is 4.79 Å². The molecule has 1 unspecified atom stereocenters. The molecule has 4 N–H and O–H groups in total. The molecule has 0 bridgehead atoms. The number of para-hydroxylation sites is 2. The van der Waals surface area contributed by atoms with Crippen molar-refractivity contribution >= 4 is 41.1 Å². The number of hydrogen-bond acceptors (Lipinski definition) is 4. The summed E-state index contributed by atoms with van der Waals surface area (Å²) in [4.78, 5) is 19.6. The number of fused-ring (bicyclic) bond motifs is 1. The molecule has 2 rings (SSSR count). The van der Waals surface area contributed by atoms with Gasteiger partial charge in [-0.1, -0.05) is 12.1 Å². The molecule has 22 heavy (non-hydrogen) atoms. The number of imidazole rings is 1. The number of rotatable bonds is 8. The summed E-state index contributed by atoms with van der Waals surface area (Å²) in [7, 11) is 0. The predicted octanol–water partition coefficient (Wildman–Crippen LogP) is 2.63. The molecule has 7 heteroatoms. The molecule has 1 amide bonds. The first-order valence-electron chi connectivity index (χ1n) is 7.23. The normalized spacial score (nSPS) is 11.9. The van der Waals surface area contributed by atoms with Gasteiger partial charge in [0.15, 0.2) is 0 Å². The second-order valence-corrected chi connectivity index (χ2v) is 6.27. The highest BCUT2D eigenvalue weighted by Crippen LogP contribution is 2.27. The van der Waals surface area contributed by atoms with Crippen LogP contribution in [0.15, 0.2) is 24.3 Å². The van der Waals surface area contributed by atoms with Crippen LogP contribution >= 0.6 is 24.2 Å². The molecule has 122 valence electrons. The third-order valence-corrected chi connectivity index (χ3v) is 4.36. The molecule has 0 aliphatic rings. The molecule has 1 aromatic carbocycles. The lowest BCUT2D eigenvalue weighted by atomic mass is 10.3. The first kappa shape index (κ1) is 18.8. The van der Waals surface area contributed by atoms with E-state index in [9.17, 15) is 4.79 Å². The molecular weight excluding hydrogens is 320 g/mol. The summed E-state index contributed by atoms with van der Waals surface area (Å²) in [5, 5.41) is 3.06. The highest BCUT2D eigenvalue weighted by Gasteiger charge is 2.13. The van der Waals surface area contributed by atoms with E-state index in [2.05, 4.69) is 22.2 Å². The van der Waals surface area contributed by atoms with E-state index < -0.39 is 0 Å². The molecule has 0 aliphatic carbocycles. The van der Waals surface area contributed by atoms with E-state index in [0.717, 1.165) is 29.7 Å². The largest absolute Gasteiger partial charge is 0.355 e. The lowest BCUT2D eigenvalue weighted by Gasteiger charge is -2.08. The van der Waals surface area contributed by atoms with Crippen LogP contribution in [0.3, 0.4) is 0 Å². The smallest absolute Gasteiger partial charge is 0.230 e. The van der Waals surface area contributed by atoms with E-state index >= 15 is 0 Å². The molecule has 1 heterocycles. The molecule has 0 saturated heterocycles. The van der Waals surface area contributed by atoms with Crippen molar-refractivity contribution in [3.63, 3.8) is 0 Å². The van der Waals surface area contributed by atoms with Crippen molar-refractivity contribution in [2.45, 2.75) is 25.0 Å². The zero-order valence-electron chi connectivity index (χ0n) is 12.7. The zero-order valence-corrected chi connectivity index (χ0v) is 14.3. The number of H-pyrrole nitrogens is 1. The van der Waals surface area contributed by atoms with Gasteiger partial charge in [-0.2, -0.15) is 0 Å². The monoisotopic (exact) mass is 342 g/mol. The summed E-state index contributed by atoms with van der Waals surface area (Å²) in [5.41, 5.74) is 7.41. The number of halogens is 1. The highest BCUT2D eigenvalue weighted by atomic mass is 35.5. The van der Waals surface area contributed by atoms with E-state index in [4.69, 9.17) is 5.73 Å². The van der Waals surface area contributed by atoms with Crippen molar-refractivity contribution in [3.05, 3.63) is 30.1 Å². The number of nitrogens with zero attached hydrogens (tertiary/aromatic N) is 1. The van der Waals surface area contributed by atoms with E-state index in [1.807, 2.05) is 24.3 Å². The summed E-state index contributed by atoms with van der Waals surface area (Å²) >= 11 is 1.59. The fourth-order valence-electron chi connectivity index (χ4n) is 1.99. The van der Waals surface area contributed by atoms with Gasteiger partial charge in [0.1, 0.15) is 5.82 Å². The number of carbonyl (C=O) groups is 1. The third kappa shape index (κ3) is 5.51. The number of carbonyl (C=O) groups excluding carboxylic acids is 1. The van der Waals surface area contributed by atoms with E-state index in [-0.39, 0.29) is 23.6 Å². The Labute approximate surface area is 141 Å². The lowest BCUT2D eigenvalue weighted by Crippen LogP contribution is -2.26. The number of aromatic nitrogens is 2. The molecule has 1 aromatic heterocycles. The number of nitrogens with one attached hydrogen (secondary N) is 2. The van der Waals surface area contributed by atoms with Crippen molar-refractivity contribution in [3.8, 4) is 0 Å². The first-order valence-corrected chi connectivity index (χ1v) is 8.28. The molecule has 0 radical (unpaired) electrons. The second kappa shape index (κ2) is 9.71. The maximum atomic E-state index is 11.7. The summed E-state index contributed by atoms with van der Waals surface area (Å²) < 4.78 is 0. The fraction of sp³-hybridized carbons (Fsp3) is 0.467. The van der Waals surface area contributed by atoms with Gasteiger partial charge in [0.25, 0.3) is 0 Å². The molecule has 5 nitrogen and oxygen atoms in total. The average molecular weight is 343 g/mol. The predicted molar refractivity (Wildman–Crippen MR) is 95.5 cm³/mol. The van der Waals surface area contributed by atoms with Crippen LogP contribution in [0.2, 0.25) is 0 Å². The Morgan fingerprint density at radius 3 is 2.91 bits per heavy atom. The number of thioether (sulfide) groups is 1. The van der Waals surface area contributed by atoms with Crippen molar-refractivity contribution < 1.29 is 4.79 Å². The van der Waals surface area contributed by atoms with E-state index in [0.29, 0.717) is 18.8 Å². The minimum absolute atomic E-state index is 0. The Hall–Kier alpha value is -1.24. The van der Waals surface area contributed by atoms with Gasteiger partial charge in [-0.05, 0) is 38.4 Å². The SMILES string of the molecule is CC(SCC(=O)NCCCCN)c1nc2ccccc2[nH]1.Cl. The van der Waals surface area contributed by atoms with Crippen LogP contribution in [0.4, 0.5) is 0 Å². The van der Waals surface area contributed by atoms with Crippen LogP contribution in [-0.4, -0.2) is 34.7 Å². The van der Waals surface area contributed by atoms with Crippen LogP contribution in [0.1, 0.15) is 30.8 Å². The van der Waals surface area contributed by atoms with Gasteiger partial charge in [-0.15, -0.1) is 24.2 Å². The molecule has 0 saturated carbocycles. The first-order chi connectivity index (χ1) is 10.2. The van der Waals surface area contributed by atoms with Gasteiger partial charge < -0.3 is 16.0 Å². The number of hydrogen-bond donors (Lipinski definition) is 3.